The lowest BCUT2D eigenvalue weighted by molar-refractivity contribution is 0.121. The summed E-state index contributed by atoms with van der Waals surface area (Å²) in [6, 6.07) is 4.66. The fraction of sp³-hybridized carbons (Fsp3) is 0.500. The average molecular weight is 262 g/mol. The van der Waals surface area contributed by atoms with Gasteiger partial charge < -0.3 is 10.8 Å². The Bertz CT molecular complexity index is 355. The predicted molar refractivity (Wildman–Crippen MR) is 68.9 cm³/mol. The van der Waals surface area contributed by atoms with Crippen molar-refractivity contribution in [3.8, 4) is 0 Å². The lowest BCUT2D eigenvalue weighted by Crippen LogP contribution is -2.27. The molecule has 1 rings (SSSR count). The van der Waals surface area contributed by atoms with E-state index in [0.29, 0.717) is 22.4 Å². The van der Waals surface area contributed by atoms with Crippen LogP contribution in [0, 0.1) is 5.92 Å². The summed E-state index contributed by atoms with van der Waals surface area (Å²) in [7, 11) is 0. The molecule has 0 saturated carbocycles. The Kier molecular flexibility index (Phi) is 5.06. The standard InChI is InChI=1S/C12H17Cl2NO/c1-7(2)5-11(16)12(15)9-4-3-8(13)6-10(9)14/h3-4,6-7,11-12,16H,5,15H2,1-2H3/t11-,12+/m0/s1. The van der Waals surface area contributed by atoms with Gasteiger partial charge in [-0.1, -0.05) is 43.1 Å². The Morgan fingerprint density at radius 2 is 1.94 bits per heavy atom. The molecule has 0 unspecified atom stereocenters. The SMILES string of the molecule is CC(C)C[C@H](O)[C@H](N)c1ccc(Cl)cc1Cl. The normalized spacial score (nSPS) is 15.2. The Morgan fingerprint density at radius 1 is 1.31 bits per heavy atom. The molecule has 1 aromatic rings. The molecule has 0 aliphatic rings. The van der Waals surface area contributed by atoms with Crippen LogP contribution in [0.25, 0.3) is 0 Å². The van der Waals surface area contributed by atoms with Crippen molar-refractivity contribution < 1.29 is 5.11 Å². The number of nitrogens with two attached hydrogens (primary N) is 1. The molecule has 0 amide bonds. The summed E-state index contributed by atoms with van der Waals surface area (Å²) in [5.74, 6) is 0.395. The van der Waals surface area contributed by atoms with E-state index in [-0.39, 0.29) is 0 Å². The summed E-state index contributed by atoms with van der Waals surface area (Å²) in [6.45, 7) is 4.08. The maximum absolute atomic E-state index is 9.92. The van der Waals surface area contributed by atoms with Crippen molar-refractivity contribution in [1.29, 1.82) is 0 Å². The van der Waals surface area contributed by atoms with Crippen LogP contribution in [0.3, 0.4) is 0 Å². The van der Waals surface area contributed by atoms with Crippen molar-refractivity contribution in [2.45, 2.75) is 32.4 Å². The van der Waals surface area contributed by atoms with Gasteiger partial charge in [-0.3, -0.25) is 0 Å². The van der Waals surface area contributed by atoms with E-state index in [2.05, 4.69) is 0 Å². The van der Waals surface area contributed by atoms with Crippen LogP contribution in [0.2, 0.25) is 10.0 Å². The number of hydrogen-bond acceptors (Lipinski definition) is 2. The lowest BCUT2D eigenvalue weighted by Gasteiger charge is -2.21. The van der Waals surface area contributed by atoms with Crippen molar-refractivity contribution >= 4 is 23.2 Å². The first-order chi connectivity index (χ1) is 7.41. The van der Waals surface area contributed by atoms with E-state index in [4.69, 9.17) is 28.9 Å². The monoisotopic (exact) mass is 261 g/mol. The maximum atomic E-state index is 9.92. The first kappa shape index (κ1) is 13.8. The van der Waals surface area contributed by atoms with Gasteiger partial charge in [0.25, 0.3) is 0 Å². The molecule has 16 heavy (non-hydrogen) atoms. The predicted octanol–water partition coefficient (Wildman–Crippen LogP) is 3.40. The van der Waals surface area contributed by atoms with E-state index in [1.54, 1.807) is 18.2 Å². The Hall–Kier alpha value is -0.280. The zero-order valence-electron chi connectivity index (χ0n) is 9.45. The number of rotatable bonds is 4. The molecule has 0 heterocycles. The maximum Gasteiger partial charge on any atom is 0.0735 e. The molecule has 0 saturated heterocycles. The molecule has 0 radical (unpaired) electrons. The van der Waals surface area contributed by atoms with Gasteiger partial charge >= 0.3 is 0 Å². The number of benzene rings is 1. The molecule has 0 aliphatic carbocycles. The first-order valence-electron chi connectivity index (χ1n) is 5.30. The highest BCUT2D eigenvalue weighted by atomic mass is 35.5. The van der Waals surface area contributed by atoms with E-state index in [0.717, 1.165) is 5.56 Å². The second-order valence-corrected chi connectivity index (χ2v) is 5.23. The van der Waals surface area contributed by atoms with Crippen molar-refractivity contribution in [3.63, 3.8) is 0 Å². The third-order valence-electron chi connectivity index (χ3n) is 2.45. The summed E-state index contributed by atoms with van der Waals surface area (Å²) in [5.41, 5.74) is 6.70. The number of halogens is 2. The second kappa shape index (κ2) is 5.87. The summed E-state index contributed by atoms with van der Waals surface area (Å²) in [4.78, 5) is 0. The highest BCUT2D eigenvalue weighted by Crippen LogP contribution is 2.28. The van der Waals surface area contributed by atoms with Crippen LogP contribution in [0.15, 0.2) is 18.2 Å². The van der Waals surface area contributed by atoms with Crippen molar-refractivity contribution in [2.75, 3.05) is 0 Å². The summed E-state index contributed by atoms with van der Waals surface area (Å²) in [6.07, 6.45) is 0.0683. The van der Waals surface area contributed by atoms with Crippen LogP contribution in [0.4, 0.5) is 0 Å². The lowest BCUT2D eigenvalue weighted by atomic mass is 9.95. The highest BCUT2D eigenvalue weighted by Gasteiger charge is 2.20. The molecule has 3 N–H and O–H groups in total. The van der Waals surface area contributed by atoms with E-state index in [9.17, 15) is 5.11 Å². The zero-order chi connectivity index (χ0) is 12.3. The van der Waals surface area contributed by atoms with Gasteiger partial charge in [0.2, 0.25) is 0 Å². The highest BCUT2D eigenvalue weighted by molar-refractivity contribution is 6.35. The third-order valence-corrected chi connectivity index (χ3v) is 3.01. The minimum Gasteiger partial charge on any atom is -0.391 e. The number of aliphatic hydroxyl groups excluding tert-OH is 1. The van der Waals surface area contributed by atoms with E-state index in [1.807, 2.05) is 13.8 Å². The van der Waals surface area contributed by atoms with Crippen LogP contribution in [0.5, 0.6) is 0 Å². The summed E-state index contributed by atoms with van der Waals surface area (Å²) < 4.78 is 0. The molecule has 0 bridgehead atoms. The Balaban J connectivity index is 2.83. The van der Waals surface area contributed by atoms with Crippen LogP contribution in [-0.4, -0.2) is 11.2 Å². The van der Waals surface area contributed by atoms with Gasteiger partial charge in [-0.05, 0) is 30.0 Å². The molecule has 4 heteroatoms. The largest absolute Gasteiger partial charge is 0.391 e. The van der Waals surface area contributed by atoms with Gasteiger partial charge in [0, 0.05) is 10.0 Å². The fourth-order valence-corrected chi connectivity index (χ4v) is 2.14. The van der Waals surface area contributed by atoms with Crippen LogP contribution >= 0.6 is 23.2 Å². The van der Waals surface area contributed by atoms with Gasteiger partial charge in [0.05, 0.1) is 12.1 Å². The van der Waals surface area contributed by atoms with Crippen LogP contribution < -0.4 is 5.73 Å². The van der Waals surface area contributed by atoms with Gasteiger partial charge in [0.15, 0.2) is 0 Å². The van der Waals surface area contributed by atoms with Crippen molar-refractivity contribution in [2.24, 2.45) is 11.7 Å². The summed E-state index contributed by atoms with van der Waals surface area (Å²) in [5, 5.41) is 11.0. The van der Waals surface area contributed by atoms with Crippen LogP contribution in [-0.2, 0) is 0 Å². The van der Waals surface area contributed by atoms with E-state index >= 15 is 0 Å². The molecule has 1 aromatic carbocycles. The van der Waals surface area contributed by atoms with Gasteiger partial charge in [0.1, 0.15) is 0 Å². The quantitative estimate of drug-likeness (QED) is 0.873. The molecule has 0 fully saturated rings. The second-order valence-electron chi connectivity index (χ2n) is 4.39. The van der Waals surface area contributed by atoms with Crippen LogP contribution in [0.1, 0.15) is 31.9 Å². The minimum absolute atomic E-state index is 0.395. The van der Waals surface area contributed by atoms with E-state index < -0.39 is 12.1 Å². The van der Waals surface area contributed by atoms with Gasteiger partial charge in [-0.15, -0.1) is 0 Å². The molecule has 90 valence electrons. The Morgan fingerprint density at radius 3 is 2.44 bits per heavy atom. The smallest absolute Gasteiger partial charge is 0.0735 e. The molecule has 0 spiro atoms. The topological polar surface area (TPSA) is 46.2 Å². The molecule has 0 aromatic heterocycles. The van der Waals surface area contributed by atoms with E-state index in [1.165, 1.54) is 0 Å². The molecular formula is C12H17Cl2NO. The zero-order valence-corrected chi connectivity index (χ0v) is 11.0. The number of hydrogen-bond donors (Lipinski definition) is 2. The molecule has 2 atom stereocenters. The van der Waals surface area contributed by atoms with Crippen molar-refractivity contribution in [3.05, 3.63) is 33.8 Å². The Labute approximate surface area is 106 Å². The number of aliphatic hydroxyl groups is 1. The van der Waals surface area contributed by atoms with Crippen molar-refractivity contribution in [1.82, 2.24) is 0 Å². The third kappa shape index (κ3) is 3.63. The minimum atomic E-state index is -0.585. The average Bonchev–Trinajstić information content (AvgIpc) is 2.15. The van der Waals surface area contributed by atoms with Gasteiger partial charge in [-0.2, -0.15) is 0 Å². The fourth-order valence-electron chi connectivity index (χ4n) is 1.61. The summed E-state index contributed by atoms with van der Waals surface area (Å²) >= 11 is 11.8. The first-order valence-corrected chi connectivity index (χ1v) is 6.06. The molecule has 2 nitrogen and oxygen atoms in total. The molecule has 0 aliphatic heterocycles. The van der Waals surface area contributed by atoms with Gasteiger partial charge in [-0.25, -0.2) is 0 Å². The molecular weight excluding hydrogens is 245 g/mol.